The average molecular weight is 613 g/mol. The van der Waals surface area contributed by atoms with Gasteiger partial charge >= 0.3 is 0 Å². The summed E-state index contributed by atoms with van der Waals surface area (Å²) in [4.78, 5) is 9.00. The van der Waals surface area contributed by atoms with E-state index in [4.69, 9.17) is 9.90 Å². The highest BCUT2D eigenvalue weighted by Gasteiger charge is 2.54. The first-order chi connectivity index (χ1) is 21.5. The minimum Gasteiger partial charge on any atom is -0.481 e. The van der Waals surface area contributed by atoms with E-state index in [1.807, 2.05) is 0 Å². The van der Waals surface area contributed by atoms with Crippen LogP contribution in [0, 0.1) is 47.3 Å². The Morgan fingerprint density at radius 3 is 0.591 bits per heavy atom. The van der Waals surface area contributed by atoms with E-state index in [0.29, 0.717) is 49.3 Å². The monoisotopic (exact) mass is 612 g/mol. The van der Waals surface area contributed by atoms with Gasteiger partial charge in [-0.1, -0.05) is 51.4 Å². The van der Waals surface area contributed by atoms with Crippen LogP contribution in [-0.2, 0) is 4.79 Å². The van der Waals surface area contributed by atoms with Gasteiger partial charge in [0.1, 0.15) is 0 Å². The summed E-state index contributed by atoms with van der Waals surface area (Å²) in [6.07, 6.45) is 25.6. The molecule has 248 valence electrons. The van der Waals surface area contributed by atoms with Crippen molar-refractivity contribution in [2.45, 2.75) is 159 Å². The van der Waals surface area contributed by atoms with Gasteiger partial charge in [-0.3, -0.25) is 47.3 Å². The highest BCUT2D eigenvalue weighted by Crippen LogP contribution is 2.45. The second-order valence-electron chi connectivity index (χ2n) is 16.1. The predicted molar refractivity (Wildman–Crippen MR) is 170 cm³/mol. The lowest BCUT2D eigenvalue weighted by atomic mass is 9.76. The fourth-order valence-corrected chi connectivity index (χ4v) is 12.0. The first-order valence-electron chi connectivity index (χ1n) is 18.8. The molecule has 44 heavy (non-hydrogen) atoms. The number of nitrogens with one attached hydrogen (secondary N) is 8. The molecule has 0 aromatic carbocycles. The molecule has 0 aromatic heterocycles. The molecule has 9 fully saturated rings. The quantitative estimate of drug-likeness (QED) is 0.201. The zero-order chi connectivity index (χ0) is 29.8. The van der Waals surface area contributed by atoms with Crippen molar-refractivity contribution in [3.05, 3.63) is 0 Å². The van der Waals surface area contributed by atoms with Crippen LogP contribution in [-0.4, -0.2) is 60.4 Å². The van der Waals surface area contributed by atoms with E-state index < -0.39 is 5.97 Å². The second-order valence-corrected chi connectivity index (χ2v) is 16.1. The smallest absolute Gasteiger partial charge is 0.300 e. The summed E-state index contributed by atoms with van der Waals surface area (Å²) in [6.45, 7) is 1.08. The Kier molecular flexibility index (Phi) is 8.99. The van der Waals surface area contributed by atoms with Gasteiger partial charge < -0.3 is 5.11 Å². The molecule has 5 aliphatic heterocycles. The number of carbonyl (C=O) groups is 1. The van der Waals surface area contributed by atoms with Crippen LogP contribution in [0.15, 0.2) is 0 Å². The molecule has 9 aliphatic rings. The number of carboxylic acid groups (broad SMARTS) is 1. The van der Waals surface area contributed by atoms with Crippen LogP contribution < -0.4 is 42.5 Å². The van der Waals surface area contributed by atoms with Crippen LogP contribution in [0.25, 0.3) is 0 Å². The molecule has 5 saturated heterocycles. The van der Waals surface area contributed by atoms with Crippen molar-refractivity contribution >= 4 is 5.97 Å². The summed E-state index contributed by atoms with van der Waals surface area (Å²) >= 11 is 0. The van der Waals surface area contributed by atoms with Gasteiger partial charge in [0, 0.05) is 6.92 Å². The van der Waals surface area contributed by atoms with Gasteiger partial charge in [-0.25, -0.2) is 0 Å². The van der Waals surface area contributed by atoms with Crippen LogP contribution in [0.4, 0.5) is 0 Å². The van der Waals surface area contributed by atoms with Crippen molar-refractivity contribution in [1.82, 2.24) is 42.5 Å². The molecule has 0 amide bonds. The lowest BCUT2D eigenvalue weighted by Gasteiger charge is -2.35. The zero-order valence-electron chi connectivity index (χ0n) is 26.9. The normalized spacial score (nSPS) is 52.9. The Balaban J connectivity index is 0.000000684. The first kappa shape index (κ1) is 30.5. The van der Waals surface area contributed by atoms with Crippen LogP contribution in [0.3, 0.4) is 0 Å². The summed E-state index contributed by atoms with van der Waals surface area (Å²) in [5.74, 6) is 5.14. The summed E-state index contributed by atoms with van der Waals surface area (Å²) in [6, 6.07) is 0. The Morgan fingerprint density at radius 2 is 0.477 bits per heavy atom. The summed E-state index contributed by atoms with van der Waals surface area (Å²) < 4.78 is 0. The molecular weight excluding hydrogens is 552 g/mol. The van der Waals surface area contributed by atoms with Crippen molar-refractivity contribution in [1.29, 1.82) is 0 Å². The lowest BCUT2D eigenvalue weighted by Crippen LogP contribution is -2.61. The van der Waals surface area contributed by atoms with E-state index in [9.17, 15) is 0 Å². The molecule has 9 N–H and O–H groups in total. The number of rotatable bonds is 0. The molecule has 4 saturated carbocycles. The minimum absolute atomic E-state index is 0.420. The lowest BCUT2D eigenvalue weighted by molar-refractivity contribution is -0.134. The van der Waals surface area contributed by atoms with E-state index in [2.05, 4.69) is 42.5 Å². The standard InChI is InChI=1S/C32H56N8.C2H4O2/c1-2-10-18-17(9-1)25-33-26(18)38-28-21-13-5-6-14-22(21)30(35-28)40-32-24-16-8-7-15-23(24)31(36-32)39-29-20-12-4-3-11-19(20)27(34-29)37-25;1-2(3)4/h17-40H,1-16H2;1H3,(H,3,4). The fourth-order valence-electron chi connectivity index (χ4n) is 12.0. The number of carboxylic acids is 1. The topological polar surface area (TPSA) is 134 Å². The van der Waals surface area contributed by atoms with Crippen molar-refractivity contribution < 1.29 is 9.90 Å². The molecular formula is C34H60N8O2. The van der Waals surface area contributed by atoms with Gasteiger partial charge in [-0.05, 0) is 98.7 Å². The molecule has 0 radical (unpaired) electrons. The third-order valence-corrected chi connectivity index (χ3v) is 13.8. The highest BCUT2D eigenvalue weighted by molar-refractivity contribution is 5.62. The summed E-state index contributed by atoms with van der Waals surface area (Å²) in [5.41, 5.74) is 0. The molecule has 10 heteroatoms. The van der Waals surface area contributed by atoms with E-state index in [1.165, 1.54) is 103 Å². The second kappa shape index (κ2) is 13.0. The van der Waals surface area contributed by atoms with E-state index in [1.54, 1.807) is 0 Å². The van der Waals surface area contributed by atoms with Crippen molar-refractivity contribution in [2.24, 2.45) is 47.3 Å². The predicted octanol–water partition coefficient (Wildman–Crippen LogP) is 2.70. The molecule has 5 heterocycles. The van der Waals surface area contributed by atoms with Crippen LogP contribution in [0.1, 0.15) is 110 Å². The number of aliphatic carboxylic acids is 1. The molecule has 8 bridgehead atoms. The first-order valence-corrected chi connectivity index (χ1v) is 18.8. The Morgan fingerprint density at radius 1 is 0.364 bits per heavy atom. The maximum atomic E-state index is 9.00. The maximum Gasteiger partial charge on any atom is 0.300 e. The van der Waals surface area contributed by atoms with Crippen LogP contribution in [0.2, 0.25) is 0 Å². The third-order valence-electron chi connectivity index (χ3n) is 13.8. The molecule has 10 nitrogen and oxygen atoms in total. The van der Waals surface area contributed by atoms with E-state index in [-0.39, 0.29) is 0 Å². The van der Waals surface area contributed by atoms with Gasteiger partial charge in [0.05, 0.1) is 49.3 Å². The van der Waals surface area contributed by atoms with Gasteiger partial charge in [-0.2, -0.15) is 0 Å². The van der Waals surface area contributed by atoms with E-state index in [0.717, 1.165) is 54.3 Å². The number of fused-ring (bicyclic) bond motifs is 20. The van der Waals surface area contributed by atoms with Gasteiger partial charge in [0.2, 0.25) is 0 Å². The van der Waals surface area contributed by atoms with Crippen LogP contribution in [0.5, 0.6) is 0 Å². The minimum atomic E-state index is -0.833. The molecule has 0 spiro atoms. The molecule has 4 aliphatic carbocycles. The molecule has 0 aromatic rings. The maximum absolute atomic E-state index is 9.00. The highest BCUT2D eigenvalue weighted by atomic mass is 16.4. The average Bonchev–Trinajstić information content (AvgIpc) is 3.76. The number of hydrogen-bond acceptors (Lipinski definition) is 9. The van der Waals surface area contributed by atoms with Gasteiger partial charge in [-0.15, -0.1) is 0 Å². The van der Waals surface area contributed by atoms with Crippen molar-refractivity contribution in [3.8, 4) is 0 Å². The zero-order valence-corrected chi connectivity index (χ0v) is 26.9. The third kappa shape index (κ3) is 5.78. The van der Waals surface area contributed by atoms with Crippen molar-refractivity contribution in [2.75, 3.05) is 0 Å². The van der Waals surface area contributed by atoms with Crippen molar-refractivity contribution in [3.63, 3.8) is 0 Å². The SMILES string of the molecule is C1CCC2C3NC(NC4NC(NC5NC(NC6NC(N3)C3CCCCC63)C3CCCCC53)C3CCCCC43)C2C1.CC(=O)O. The Labute approximate surface area is 264 Å². The molecule has 8 atom stereocenters. The summed E-state index contributed by atoms with van der Waals surface area (Å²) in [7, 11) is 0. The largest absolute Gasteiger partial charge is 0.481 e. The summed E-state index contributed by atoms with van der Waals surface area (Å²) in [5, 5.41) is 41.2. The fraction of sp³-hybridized carbons (Fsp3) is 0.971. The van der Waals surface area contributed by atoms with Gasteiger partial charge in [0.25, 0.3) is 5.97 Å². The Hall–Kier alpha value is -0.850. The van der Waals surface area contributed by atoms with E-state index >= 15 is 0 Å². The van der Waals surface area contributed by atoms with Gasteiger partial charge in [0.15, 0.2) is 0 Å². The Bertz CT molecular complexity index is 806. The number of hydrogen-bond donors (Lipinski definition) is 9. The molecule has 9 rings (SSSR count). The molecule has 8 unspecified atom stereocenters. The van der Waals surface area contributed by atoms with Crippen LogP contribution >= 0.6 is 0 Å².